The second-order valence-electron chi connectivity index (χ2n) is 7.46. The quantitative estimate of drug-likeness (QED) is 0.429. The van der Waals surface area contributed by atoms with Crippen LogP contribution in [0.15, 0.2) is 59.7 Å². The second-order valence-corrected chi connectivity index (χ2v) is 7.46. The van der Waals surface area contributed by atoms with Crippen molar-refractivity contribution in [3.63, 3.8) is 0 Å². The van der Waals surface area contributed by atoms with Gasteiger partial charge in [-0.2, -0.15) is 0 Å². The molecule has 0 bridgehead atoms. The molecule has 4 N–H and O–H groups in total. The number of primary amides is 1. The highest BCUT2D eigenvalue weighted by Crippen LogP contribution is 2.26. The Balaban J connectivity index is 0.000000283. The van der Waals surface area contributed by atoms with Crippen LogP contribution in [0, 0.1) is 0 Å². The Labute approximate surface area is 195 Å². The van der Waals surface area contributed by atoms with Gasteiger partial charge in [0, 0.05) is 68.0 Å². The van der Waals surface area contributed by atoms with Gasteiger partial charge >= 0.3 is 0 Å². The molecule has 3 aromatic heterocycles. The van der Waals surface area contributed by atoms with E-state index in [2.05, 4.69) is 15.9 Å². The van der Waals surface area contributed by atoms with Gasteiger partial charge in [-0.1, -0.05) is 11.2 Å². The van der Waals surface area contributed by atoms with Gasteiger partial charge in [-0.05, 0) is 25.3 Å². The normalized spacial score (nSPS) is 15.8. The molecule has 0 aromatic carbocycles. The summed E-state index contributed by atoms with van der Waals surface area (Å²) in [4.78, 5) is 25.6. The van der Waals surface area contributed by atoms with Crippen LogP contribution in [-0.4, -0.2) is 58.4 Å². The summed E-state index contributed by atoms with van der Waals surface area (Å²) in [6.45, 7) is 1.07. The number of likely N-dealkylation sites (tertiary alicyclic amines) is 1. The van der Waals surface area contributed by atoms with Crippen LogP contribution >= 0.6 is 0 Å². The summed E-state index contributed by atoms with van der Waals surface area (Å²) < 4.78 is 31.6. The Bertz CT molecular complexity index is 1100. The summed E-state index contributed by atoms with van der Waals surface area (Å²) >= 11 is 0. The third-order valence-electron chi connectivity index (χ3n) is 4.95. The number of hydrogen-bond donors (Lipinski definition) is 2. The van der Waals surface area contributed by atoms with Crippen LogP contribution in [0.2, 0.25) is 0 Å². The van der Waals surface area contributed by atoms with Crippen molar-refractivity contribution in [1.29, 1.82) is 0 Å². The number of allylic oxidation sites excluding steroid dienone is 3. The van der Waals surface area contributed by atoms with Crippen molar-refractivity contribution in [1.82, 2.24) is 19.6 Å². The molecule has 0 unspecified atom stereocenters. The minimum Gasteiger partial charge on any atom is -0.403 e. The smallest absolute Gasteiger partial charge is 0.250 e. The number of rotatable bonds is 5. The zero-order valence-corrected chi connectivity index (χ0v) is 18.8. The minimum absolute atomic E-state index is 0.0312. The highest BCUT2D eigenvalue weighted by Gasteiger charge is 2.32. The first-order chi connectivity index (χ1) is 16.3. The van der Waals surface area contributed by atoms with Crippen molar-refractivity contribution < 1.29 is 22.9 Å². The number of halogens is 2. The Morgan fingerprint density at radius 1 is 1.24 bits per heavy atom. The molecule has 0 spiro atoms. The van der Waals surface area contributed by atoms with Crippen molar-refractivity contribution in [3.05, 3.63) is 66.5 Å². The molecular formula is C23H28F2N6O3. The summed E-state index contributed by atoms with van der Waals surface area (Å²) in [7, 11) is 1.87. The van der Waals surface area contributed by atoms with Gasteiger partial charge in [-0.25, -0.2) is 13.8 Å². The van der Waals surface area contributed by atoms with Crippen LogP contribution in [0.1, 0.15) is 29.0 Å². The maximum absolute atomic E-state index is 12.4. The maximum atomic E-state index is 12.4. The number of aldehydes is 1. The number of fused-ring (bicyclic) bond motifs is 1. The molecule has 1 aliphatic rings. The van der Waals surface area contributed by atoms with Crippen molar-refractivity contribution in [2.24, 2.45) is 11.5 Å². The SMILES string of the molecule is CN1CCC(F)(F)CC1.N/C=C(\C=C/Cc1ccno1)n1ccc2cc(C=O)cnc21.NC=O. The highest BCUT2D eigenvalue weighted by molar-refractivity contribution is 5.86. The van der Waals surface area contributed by atoms with E-state index in [-0.39, 0.29) is 19.3 Å². The Kier molecular flexibility index (Phi) is 10.1. The van der Waals surface area contributed by atoms with Crippen LogP contribution in [-0.2, 0) is 11.2 Å². The number of aromatic nitrogens is 3. The number of pyridine rings is 1. The van der Waals surface area contributed by atoms with Crippen molar-refractivity contribution in [2.75, 3.05) is 20.1 Å². The Morgan fingerprint density at radius 3 is 2.50 bits per heavy atom. The third kappa shape index (κ3) is 7.93. The number of alkyl halides is 2. The molecule has 182 valence electrons. The standard InChI is InChI=1S/C16H14N4O2.C6H11F2N.CH3NO/c17-9-14(2-1-3-15-4-6-19-22-15)20-7-5-13-8-12(11-21)10-18-16(13)20;1-9-4-2-6(7,8)3-5-9;2-1-3/h1-2,4-11H,3,17H2;2-5H2,1H3;1H,(H2,2,3)/b2-1-,14-9+;;. The van der Waals surface area contributed by atoms with Crippen LogP contribution in [0.4, 0.5) is 8.78 Å². The molecule has 0 saturated carbocycles. The lowest BCUT2D eigenvalue weighted by Crippen LogP contribution is -2.36. The lowest BCUT2D eigenvalue weighted by Gasteiger charge is -2.28. The van der Waals surface area contributed by atoms with E-state index in [9.17, 15) is 13.6 Å². The molecule has 1 aliphatic heterocycles. The van der Waals surface area contributed by atoms with Gasteiger partial charge in [-0.15, -0.1) is 0 Å². The van der Waals surface area contributed by atoms with Crippen LogP contribution in [0.25, 0.3) is 16.7 Å². The first-order valence-electron chi connectivity index (χ1n) is 10.5. The number of piperidine rings is 1. The van der Waals surface area contributed by atoms with Crippen LogP contribution in [0.5, 0.6) is 0 Å². The molecule has 4 rings (SSSR count). The van der Waals surface area contributed by atoms with Crippen molar-refractivity contribution in [2.45, 2.75) is 25.2 Å². The van der Waals surface area contributed by atoms with Gasteiger partial charge < -0.3 is 20.9 Å². The van der Waals surface area contributed by atoms with E-state index in [0.29, 0.717) is 25.1 Å². The largest absolute Gasteiger partial charge is 0.403 e. The molecule has 11 heteroatoms. The monoisotopic (exact) mass is 474 g/mol. The molecule has 4 heterocycles. The van der Waals surface area contributed by atoms with Gasteiger partial charge in [0.25, 0.3) is 5.92 Å². The number of carbonyl (C=O) groups excluding carboxylic acids is 2. The maximum Gasteiger partial charge on any atom is 0.250 e. The van der Waals surface area contributed by atoms with Gasteiger partial charge in [0.15, 0.2) is 6.29 Å². The molecule has 1 fully saturated rings. The van der Waals surface area contributed by atoms with Gasteiger partial charge in [-0.3, -0.25) is 14.2 Å². The lowest BCUT2D eigenvalue weighted by molar-refractivity contribution is -0.106. The fourth-order valence-corrected chi connectivity index (χ4v) is 3.12. The molecule has 0 radical (unpaired) electrons. The summed E-state index contributed by atoms with van der Waals surface area (Å²) in [5.41, 5.74) is 11.9. The van der Waals surface area contributed by atoms with E-state index in [1.807, 2.05) is 47.0 Å². The van der Waals surface area contributed by atoms with E-state index >= 15 is 0 Å². The van der Waals surface area contributed by atoms with E-state index in [0.717, 1.165) is 28.8 Å². The lowest BCUT2D eigenvalue weighted by atomic mass is 10.1. The Hall–Kier alpha value is -3.86. The minimum atomic E-state index is -2.38. The van der Waals surface area contributed by atoms with Crippen LogP contribution < -0.4 is 11.5 Å². The number of carbonyl (C=O) groups is 2. The molecule has 1 amide bonds. The fourth-order valence-electron chi connectivity index (χ4n) is 3.12. The van der Waals surface area contributed by atoms with E-state index < -0.39 is 5.92 Å². The summed E-state index contributed by atoms with van der Waals surface area (Å²) in [5.74, 6) is -1.61. The summed E-state index contributed by atoms with van der Waals surface area (Å²) in [6.07, 6.45) is 12.1. The van der Waals surface area contributed by atoms with Crippen molar-refractivity contribution >= 4 is 29.4 Å². The zero-order valence-electron chi connectivity index (χ0n) is 18.8. The average molecular weight is 475 g/mol. The highest BCUT2D eigenvalue weighted by atomic mass is 19.3. The molecule has 9 nitrogen and oxygen atoms in total. The summed E-state index contributed by atoms with van der Waals surface area (Å²) in [5, 5.41) is 4.54. The number of nitrogens with two attached hydrogens (primary N) is 2. The van der Waals surface area contributed by atoms with E-state index in [1.165, 1.54) is 12.4 Å². The predicted molar refractivity (Wildman–Crippen MR) is 125 cm³/mol. The number of amides is 1. The zero-order chi connectivity index (χ0) is 25.0. The molecule has 0 aliphatic carbocycles. The molecule has 3 aromatic rings. The predicted octanol–water partition coefficient (Wildman–Crippen LogP) is 2.84. The molecule has 34 heavy (non-hydrogen) atoms. The average Bonchev–Trinajstić information content (AvgIpc) is 3.49. The van der Waals surface area contributed by atoms with Crippen molar-refractivity contribution in [3.8, 4) is 0 Å². The van der Waals surface area contributed by atoms with Gasteiger partial charge in [0.2, 0.25) is 6.41 Å². The van der Waals surface area contributed by atoms with E-state index in [1.54, 1.807) is 12.3 Å². The van der Waals surface area contributed by atoms with Gasteiger partial charge in [0.1, 0.15) is 11.4 Å². The first-order valence-corrected chi connectivity index (χ1v) is 10.5. The molecular weight excluding hydrogens is 446 g/mol. The third-order valence-corrected chi connectivity index (χ3v) is 4.95. The summed E-state index contributed by atoms with van der Waals surface area (Å²) in [6, 6.07) is 5.49. The first kappa shape index (κ1) is 26.4. The number of nitrogens with zero attached hydrogens (tertiary/aromatic N) is 4. The molecule has 1 saturated heterocycles. The Morgan fingerprint density at radius 2 is 1.94 bits per heavy atom. The van der Waals surface area contributed by atoms with Crippen LogP contribution in [0.3, 0.4) is 0 Å². The number of hydrogen-bond acceptors (Lipinski definition) is 7. The second kappa shape index (κ2) is 13.0. The topological polar surface area (TPSA) is 133 Å². The van der Waals surface area contributed by atoms with Gasteiger partial charge in [0.05, 0.1) is 11.9 Å². The fraction of sp³-hybridized carbons (Fsp3) is 0.304. The molecule has 0 atom stereocenters. The van der Waals surface area contributed by atoms with E-state index in [4.69, 9.17) is 15.1 Å².